The smallest absolute Gasteiger partial charge is 0.254 e. The van der Waals surface area contributed by atoms with Crippen LogP contribution in [0.2, 0.25) is 0 Å². The first-order valence-electron chi connectivity index (χ1n) is 9.38. The fraction of sp³-hybridized carbons (Fsp3) is 0.136. The van der Waals surface area contributed by atoms with Crippen LogP contribution in [-0.2, 0) is 16.6 Å². The number of sulfonamides is 1. The van der Waals surface area contributed by atoms with Crippen molar-refractivity contribution in [1.82, 2.24) is 10.0 Å². The number of benzene rings is 3. The summed E-state index contributed by atoms with van der Waals surface area (Å²) in [5.41, 5.74) is 0.354. The second-order valence-corrected chi connectivity index (χ2v) is 8.29. The highest BCUT2D eigenvalue weighted by Crippen LogP contribution is 2.22. The maximum Gasteiger partial charge on any atom is 0.254 e. The van der Waals surface area contributed by atoms with Gasteiger partial charge in [-0.15, -0.1) is 0 Å². The second-order valence-electron chi connectivity index (χ2n) is 6.53. The first-order valence-corrected chi connectivity index (χ1v) is 10.9. The topological polar surface area (TPSA) is 84.5 Å². The van der Waals surface area contributed by atoms with Crippen LogP contribution < -0.4 is 14.8 Å². The van der Waals surface area contributed by atoms with Crippen LogP contribution in [0.4, 0.5) is 8.78 Å². The van der Waals surface area contributed by atoms with Gasteiger partial charge >= 0.3 is 0 Å². The molecule has 0 heterocycles. The number of ether oxygens (including phenoxy) is 1. The van der Waals surface area contributed by atoms with Gasteiger partial charge in [0.15, 0.2) is 0 Å². The largest absolute Gasteiger partial charge is 0.457 e. The molecular formula is C22H20F2N2O4S. The Labute approximate surface area is 178 Å². The number of nitrogens with one attached hydrogen (secondary N) is 2. The summed E-state index contributed by atoms with van der Waals surface area (Å²) in [6.07, 6.45) is 0. The Morgan fingerprint density at radius 1 is 0.935 bits per heavy atom. The third kappa shape index (κ3) is 5.87. The summed E-state index contributed by atoms with van der Waals surface area (Å²) in [6.45, 7) is 1.88. The summed E-state index contributed by atoms with van der Waals surface area (Å²) in [4.78, 5) is 12.2. The molecule has 0 unspecified atom stereocenters. The minimum atomic E-state index is -3.81. The van der Waals surface area contributed by atoms with Crippen LogP contribution >= 0.6 is 0 Å². The highest BCUT2D eigenvalue weighted by Gasteiger charge is 2.18. The zero-order valence-corrected chi connectivity index (χ0v) is 17.4. The Balaban J connectivity index is 1.64. The number of carbonyl (C=O) groups excluding carboxylic acids is 1. The Kier molecular flexibility index (Phi) is 6.98. The molecule has 9 heteroatoms. The van der Waals surface area contributed by atoms with E-state index >= 15 is 0 Å². The van der Waals surface area contributed by atoms with E-state index in [9.17, 15) is 22.0 Å². The number of carbonyl (C=O) groups is 1. The first-order chi connectivity index (χ1) is 14.8. The third-order valence-electron chi connectivity index (χ3n) is 4.25. The number of hydrogen-bond donors (Lipinski definition) is 2. The van der Waals surface area contributed by atoms with Crippen LogP contribution in [0, 0.1) is 11.6 Å². The molecule has 3 aromatic rings. The first kappa shape index (κ1) is 22.4. The van der Waals surface area contributed by atoms with E-state index in [1.165, 1.54) is 24.3 Å². The van der Waals surface area contributed by atoms with E-state index in [4.69, 9.17) is 4.74 Å². The van der Waals surface area contributed by atoms with Gasteiger partial charge in [0.1, 0.15) is 23.1 Å². The van der Waals surface area contributed by atoms with E-state index in [0.717, 1.165) is 23.8 Å². The summed E-state index contributed by atoms with van der Waals surface area (Å²) in [6, 6.07) is 15.4. The second kappa shape index (κ2) is 9.67. The molecular weight excluding hydrogens is 426 g/mol. The highest BCUT2D eigenvalue weighted by atomic mass is 32.2. The minimum Gasteiger partial charge on any atom is -0.457 e. The van der Waals surface area contributed by atoms with Crippen LogP contribution in [0.3, 0.4) is 0 Å². The molecule has 0 fully saturated rings. The van der Waals surface area contributed by atoms with Crippen molar-refractivity contribution in [3.8, 4) is 11.5 Å². The zero-order valence-electron chi connectivity index (χ0n) is 16.6. The third-order valence-corrected chi connectivity index (χ3v) is 5.80. The van der Waals surface area contributed by atoms with Crippen LogP contribution in [-0.4, -0.2) is 20.9 Å². The molecule has 3 rings (SSSR count). The number of hydrogen-bond acceptors (Lipinski definition) is 4. The van der Waals surface area contributed by atoms with Gasteiger partial charge in [-0.1, -0.05) is 19.1 Å². The summed E-state index contributed by atoms with van der Waals surface area (Å²) in [7, 11) is -3.81. The summed E-state index contributed by atoms with van der Waals surface area (Å²) >= 11 is 0. The quantitative estimate of drug-likeness (QED) is 0.548. The van der Waals surface area contributed by atoms with Crippen molar-refractivity contribution in [2.75, 3.05) is 6.54 Å². The normalized spacial score (nSPS) is 11.2. The predicted octanol–water partition coefficient (Wildman–Crippen LogP) is 3.99. The number of halogens is 2. The molecule has 1 amide bonds. The van der Waals surface area contributed by atoms with E-state index < -0.39 is 21.7 Å². The average Bonchev–Trinajstić information content (AvgIpc) is 2.75. The predicted molar refractivity (Wildman–Crippen MR) is 111 cm³/mol. The van der Waals surface area contributed by atoms with E-state index in [-0.39, 0.29) is 29.4 Å². The molecule has 3 aromatic carbocycles. The van der Waals surface area contributed by atoms with Crippen molar-refractivity contribution in [1.29, 1.82) is 0 Å². The number of rotatable bonds is 8. The van der Waals surface area contributed by atoms with Gasteiger partial charge < -0.3 is 10.1 Å². The van der Waals surface area contributed by atoms with E-state index in [2.05, 4.69) is 10.0 Å². The molecule has 31 heavy (non-hydrogen) atoms. The van der Waals surface area contributed by atoms with Crippen molar-refractivity contribution in [3.05, 3.63) is 89.5 Å². The van der Waals surface area contributed by atoms with E-state index in [0.29, 0.717) is 11.5 Å². The molecule has 0 aliphatic heterocycles. The van der Waals surface area contributed by atoms with Crippen molar-refractivity contribution >= 4 is 15.9 Å². The zero-order chi connectivity index (χ0) is 22.4. The van der Waals surface area contributed by atoms with E-state index in [1.54, 1.807) is 31.2 Å². The Hall–Kier alpha value is -3.30. The van der Waals surface area contributed by atoms with Crippen molar-refractivity contribution < 1.29 is 26.7 Å². The molecule has 0 radical (unpaired) electrons. The van der Waals surface area contributed by atoms with Crippen molar-refractivity contribution in [2.45, 2.75) is 18.4 Å². The minimum absolute atomic E-state index is 0.0965. The van der Waals surface area contributed by atoms with E-state index in [1.807, 2.05) is 0 Å². The molecule has 0 aliphatic carbocycles. The lowest BCUT2D eigenvalue weighted by Crippen LogP contribution is -2.26. The van der Waals surface area contributed by atoms with Gasteiger partial charge in [-0.2, -0.15) is 0 Å². The van der Waals surface area contributed by atoms with Crippen molar-refractivity contribution in [2.24, 2.45) is 0 Å². The van der Waals surface area contributed by atoms with Crippen LogP contribution in [0.1, 0.15) is 22.8 Å². The van der Waals surface area contributed by atoms with Crippen LogP contribution in [0.25, 0.3) is 0 Å². The monoisotopic (exact) mass is 446 g/mol. The average molecular weight is 446 g/mol. The van der Waals surface area contributed by atoms with Gasteiger partial charge in [0.05, 0.1) is 10.5 Å². The molecule has 162 valence electrons. The Bertz CT molecular complexity index is 1170. The Morgan fingerprint density at radius 3 is 2.16 bits per heavy atom. The summed E-state index contributed by atoms with van der Waals surface area (Å²) in [5, 5.41) is 2.57. The van der Waals surface area contributed by atoms with Gasteiger partial charge in [-0.05, 0) is 60.2 Å². The van der Waals surface area contributed by atoms with Crippen LogP contribution in [0.5, 0.6) is 11.5 Å². The molecule has 0 atom stereocenters. The molecule has 6 nitrogen and oxygen atoms in total. The lowest BCUT2D eigenvalue weighted by molar-refractivity contribution is 0.0946. The van der Waals surface area contributed by atoms with Gasteiger partial charge in [0.25, 0.3) is 5.91 Å². The van der Waals surface area contributed by atoms with Crippen LogP contribution in [0.15, 0.2) is 71.6 Å². The van der Waals surface area contributed by atoms with Gasteiger partial charge in [-0.25, -0.2) is 21.9 Å². The molecule has 2 N–H and O–H groups in total. The highest BCUT2D eigenvalue weighted by molar-refractivity contribution is 7.89. The molecule has 0 bridgehead atoms. The molecule has 0 spiro atoms. The standard InChI is InChI=1S/C22H20F2N2O4S/c1-2-26-31(28,29)19-11-12-21(24)20(13-19)22(27)25-14-15-3-7-17(8-4-15)30-18-9-5-16(23)6-10-18/h3-13,26H,2,14H2,1H3,(H,25,27). The molecule has 0 aliphatic rings. The van der Waals surface area contributed by atoms with Gasteiger partial charge in [0, 0.05) is 13.1 Å². The lowest BCUT2D eigenvalue weighted by Gasteiger charge is -2.10. The SMILES string of the molecule is CCNS(=O)(=O)c1ccc(F)c(C(=O)NCc2ccc(Oc3ccc(F)cc3)cc2)c1. The summed E-state index contributed by atoms with van der Waals surface area (Å²) in [5.74, 6) is -0.923. The van der Waals surface area contributed by atoms with Crippen molar-refractivity contribution in [3.63, 3.8) is 0 Å². The Morgan fingerprint density at radius 2 is 1.55 bits per heavy atom. The summed E-state index contributed by atoms with van der Waals surface area (Å²) < 4.78 is 59.1. The molecule has 0 saturated heterocycles. The fourth-order valence-electron chi connectivity index (χ4n) is 2.71. The molecule has 0 aromatic heterocycles. The van der Waals surface area contributed by atoms with Gasteiger partial charge in [-0.3, -0.25) is 4.79 Å². The van der Waals surface area contributed by atoms with Gasteiger partial charge in [0.2, 0.25) is 10.0 Å². The lowest BCUT2D eigenvalue weighted by atomic mass is 10.1. The fourth-order valence-corrected chi connectivity index (χ4v) is 3.78. The number of amides is 1. The maximum absolute atomic E-state index is 14.1. The molecule has 0 saturated carbocycles. The maximum atomic E-state index is 14.1.